The van der Waals surface area contributed by atoms with Gasteiger partial charge in [-0.25, -0.2) is 0 Å². The summed E-state index contributed by atoms with van der Waals surface area (Å²) in [6.07, 6.45) is -6.28. The first-order valence-electron chi connectivity index (χ1n) is 25.2. The molecule has 0 spiro atoms. The average Bonchev–Trinajstić information content (AvgIpc) is 3.44. The molecule has 10 nitrogen and oxygen atoms in total. The van der Waals surface area contributed by atoms with E-state index in [1.165, 1.54) is 0 Å². The van der Waals surface area contributed by atoms with Gasteiger partial charge in [-0.2, -0.15) is 0 Å². The Hall–Kier alpha value is -5.86. The molecule has 2 aliphatic heterocycles. The molecule has 10 heteroatoms. The minimum absolute atomic E-state index is 0.235. The van der Waals surface area contributed by atoms with Crippen LogP contribution in [-0.2, 0) is 88.9 Å². The van der Waals surface area contributed by atoms with Crippen LogP contribution in [0, 0.1) is 0 Å². The largest absolute Gasteiger partial charge is 0.374 e. The molecule has 0 amide bonds. The predicted octanol–water partition coefficient (Wildman–Crippen LogP) is 11.0. The second kappa shape index (κ2) is 27.3. The highest BCUT2D eigenvalue weighted by molar-refractivity contribution is 5.19. The molecule has 374 valence electrons. The third-order valence-corrected chi connectivity index (χ3v) is 13.2. The predicted molar refractivity (Wildman–Crippen MR) is 275 cm³/mol. The topological polar surface area (TPSA) is 103 Å². The number of hydrogen-bond donors (Lipinski definition) is 1. The Morgan fingerprint density at radius 1 is 0.278 bits per heavy atom. The molecule has 9 rings (SSSR count). The third kappa shape index (κ3) is 14.9. The lowest BCUT2D eigenvalue weighted by Crippen LogP contribution is -2.62. The van der Waals surface area contributed by atoms with Crippen LogP contribution in [0.25, 0.3) is 0 Å². The molecular weight excluding hydrogens is 905 g/mol. The molecule has 0 saturated carbocycles. The molecule has 2 heterocycles. The van der Waals surface area contributed by atoms with E-state index in [0.717, 1.165) is 38.9 Å². The van der Waals surface area contributed by atoms with E-state index in [2.05, 4.69) is 48.5 Å². The number of rotatable bonds is 25. The van der Waals surface area contributed by atoms with Crippen molar-refractivity contribution in [3.05, 3.63) is 251 Å². The summed E-state index contributed by atoms with van der Waals surface area (Å²) in [7, 11) is 0. The van der Waals surface area contributed by atoms with Crippen molar-refractivity contribution in [1.82, 2.24) is 0 Å². The number of aliphatic hydroxyl groups excluding tert-OH is 1. The van der Waals surface area contributed by atoms with Crippen molar-refractivity contribution in [2.45, 2.75) is 120 Å². The molecule has 0 bridgehead atoms. The van der Waals surface area contributed by atoms with Crippen LogP contribution in [0.5, 0.6) is 0 Å². The second-order valence-corrected chi connectivity index (χ2v) is 18.4. The monoisotopic (exact) mass is 970 g/mol. The van der Waals surface area contributed by atoms with E-state index in [1.54, 1.807) is 0 Å². The van der Waals surface area contributed by atoms with Crippen molar-refractivity contribution in [3.63, 3.8) is 0 Å². The summed E-state index contributed by atoms with van der Waals surface area (Å²) in [6.45, 7) is 2.41. The van der Waals surface area contributed by atoms with Crippen LogP contribution < -0.4 is 0 Å². The zero-order chi connectivity index (χ0) is 49.0. The summed E-state index contributed by atoms with van der Waals surface area (Å²) in [6, 6.07) is 70.5. The van der Waals surface area contributed by atoms with Crippen LogP contribution >= 0.6 is 0 Å². The zero-order valence-electron chi connectivity index (χ0n) is 40.7. The lowest BCUT2D eigenvalue weighted by atomic mass is 9.89. The summed E-state index contributed by atoms with van der Waals surface area (Å²) >= 11 is 0. The molecule has 1 unspecified atom stereocenters. The molecule has 2 fully saturated rings. The normalized spacial score (nSPS) is 24.2. The van der Waals surface area contributed by atoms with Crippen molar-refractivity contribution in [2.24, 2.45) is 0 Å². The lowest BCUT2D eigenvalue weighted by Gasteiger charge is -2.48. The minimum atomic E-state index is -1.33. The third-order valence-electron chi connectivity index (χ3n) is 13.2. The molecule has 7 aromatic carbocycles. The van der Waals surface area contributed by atoms with E-state index in [4.69, 9.17) is 42.6 Å². The van der Waals surface area contributed by atoms with Gasteiger partial charge in [-0.05, 0) is 51.8 Å². The number of ether oxygens (including phenoxy) is 9. The minimum Gasteiger partial charge on any atom is -0.374 e. The van der Waals surface area contributed by atoms with Gasteiger partial charge in [0, 0.05) is 0 Å². The van der Waals surface area contributed by atoms with Gasteiger partial charge in [-0.15, -0.1) is 0 Å². The van der Waals surface area contributed by atoms with Crippen molar-refractivity contribution in [1.29, 1.82) is 0 Å². The molecule has 0 radical (unpaired) electrons. The Morgan fingerprint density at radius 2 is 0.528 bits per heavy atom. The first-order valence-corrected chi connectivity index (χ1v) is 25.2. The van der Waals surface area contributed by atoms with Crippen LogP contribution in [0.2, 0.25) is 0 Å². The van der Waals surface area contributed by atoms with Crippen LogP contribution in [0.4, 0.5) is 0 Å². The SMILES string of the molecule is OC1O[C@H](CC[C@@H]2O[C@H](COCc3ccccc3)[C@H](OCc3ccccc3)[C@H](OCc3ccccc3)[C@H]2OCc2ccccc2)[C@H](OCc2ccccc2)[C@H](OCc2ccccc2)[C@H]1OCc1ccccc1. The Kier molecular flexibility index (Phi) is 19.3. The molecule has 0 aromatic heterocycles. The van der Waals surface area contributed by atoms with Crippen molar-refractivity contribution in [3.8, 4) is 0 Å². The standard InChI is InChI=1S/C62H66O10/c63-62-61(70-44-52-34-20-7-21-35-52)60(69-43-51-32-18-6-19-33-51)57(66-40-48-26-12-3-13-27-48)54(72-62)37-36-53-56(65-39-47-24-10-2-11-25-47)59(68-42-50-30-16-5-17-31-50)58(67-41-49-28-14-4-15-29-49)55(71-53)45-64-38-46-22-8-1-9-23-46/h1-35,53-63H,36-45H2/t53-,54+,55+,56-,57-,58-,59+,60-,61+,62?/m0/s1. The Morgan fingerprint density at radius 3 is 0.861 bits per heavy atom. The van der Waals surface area contributed by atoms with Crippen LogP contribution in [0.1, 0.15) is 51.8 Å². The van der Waals surface area contributed by atoms with E-state index in [0.29, 0.717) is 39.3 Å². The van der Waals surface area contributed by atoms with Gasteiger partial charge in [0.2, 0.25) is 0 Å². The highest BCUT2D eigenvalue weighted by atomic mass is 16.7. The van der Waals surface area contributed by atoms with Crippen molar-refractivity contribution in [2.75, 3.05) is 6.61 Å². The van der Waals surface area contributed by atoms with Gasteiger partial charge in [-0.1, -0.05) is 212 Å². The number of benzene rings is 7. The maximum Gasteiger partial charge on any atom is 0.184 e. The molecule has 2 saturated heterocycles. The zero-order valence-corrected chi connectivity index (χ0v) is 40.7. The Labute approximate surface area is 424 Å². The quantitative estimate of drug-likeness (QED) is 0.0596. The maximum absolute atomic E-state index is 12.0. The van der Waals surface area contributed by atoms with E-state index in [-0.39, 0.29) is 26.4 Å². The Balaban J connectivity index is 1.04. The lowest BCUT2D eigenvalue weighted by molar-refractivity contribution is -0.315. The van der Waals surface area contributed by atoms with Crippen molar-refractivity contribution >= 4 is 0 Å². The van der Waals surface area contributed by atoms with E-state index >= 15 is 0 Å². The van der Waals surface area contributed by atoms with E-state index in [1.807, 2.05) is 164 Å². The maximum atomic E-state index is 12.0. The Bertz CT molecular complexity index is 2540. The first kappa shape index (κ1) is 51.1. The van der Waals surface area contributed by atoms with Crippen LogP contribution in [0.3, 0.4) is 0 Å². The van der Waals surface area contributed by atoms with Gasteiger partial charge in [0.05, 0.1) is 65.1 Å². The van der Waals surface area contributed by atoms with Gasteiger partial charge < -0.3 is 47.7 Å². The van der Waals surface area contributed by atoms with Gasteiger partial charge in [0.15, 0.2) is 6.29 Å². The summed E-state index contributed by atoms with van der Waals surface area (Å²) in [4.78, 5) is 0. The fourth-order valence-corrected chi connectivity index (χ4v) is 9.44. The van der Waals surface area contributed by atoms with Gasteiger partial charge >= 0.3 is 0 Å². The van der Waals surface area contributed by atoms with Crippen LogP contribution in [0.15, 0.2) is 212 Å². The summed E-state index contributed by atoms with van der Waals surface area (Å²) in [5.74, 6) is 0. The average molecular weight is 971 g/mol. The van der Waals surface area contributed by atoms with E-state index in [9.17, 15) is 5.11 Å². The van der Waals surface area contributed by atoms with Gasteiger partial charge in [-0.3, -0.25) is 0 Å². The summed E-state index contributed by atoms with van der Waals surface area (Å²) in [5.41, 5.74) is 7.06. The first-order chi connectivity index (χ1) is 35.6. The van der Waals surface area contributed by atoms with Crippen molar-refractivity contribution < 1.29 is 47.7 Å². The smallest absolute Gasteiger partial charge is 0.184 e. The summed E-state index contributed by atoms with van der Waals surface area (Å²) in [5, 5.41) is 12.0. The highest BCUT2D eigenvalue weighted by Gasteiger charge is 2.51. The molecule has 10 atom stereocenters. The molecule has 72 heavy (non-hydrogen) atoms. The van der Waals surface area contributed by atoms with E-state index < -0.39 is 61.2 Å². The molecule has 7 aromatic rings. The fourth-order valence-electron chi connectivity index (χ4n) is 9.44. The number of aliphatic hydroxyl groups is 1. The van der Waals surface area contributed by atoms with Gasteiger partial charge in [0.25, 0.3) is 0 Å². The highest BCUT2D eigenvalue weighted by Crippen LogP contribution is 2.36. The van der Waals surface area contributed by atoms with Crippen LogP contribution in [-0.4, -0.2) is 72.9 Å². The fraction of sp³-hybridized carbons (Fsp3) is 0.323. The molecule has 0 aliphatic carbocycles. The second-order valence-electron chi connectivity index (χ2n) is 18.4. The molecular formula is C62H66O10. The number of hydrogen-bond acceptors (Lipinski definition) is 10. The molecule has 1 N–H and O–H groups in total. The molecule has 2 aliphatic rings. The van der Waals surface area contributed by atoms with Gasteiger partial charge in [0.1, 0.15) is 42.7 Å². The summed E-state index contributed by atoms with van der Waals surface area (Å²) < 4.78 is 61.8.